The molecule has 1 saturated carbocycles. The third kappa shape index (κ3) is 2.39. The number of Topliss-reactive ketones (excluding diaryl/α,β-unsaturated/α-hetero) is 1. The SMILES string of the molecule is NC(=O)c1ccc(OC2CCC(=O)C2)cc1. The van der Waals surface area contributed by atoms with Crippen LogP contribution in [0.15, 0.2) is 24.3 Å². The molecule has 0 radical (unpaired) electrons. The van der Waals surface area contributed by atoms with E-state index in [1.54, 1.807) is 24.3 Å². The molecule has 0 aromatic heterocycles. The van der Waals surface area contributed by atoms with E-state index < -0.39 is 5.91 Å². The molecule has 0 heterocycles. The Morgan fingerprint density at radius 3 is 2.50 bits per heavy atom. The Kier molecular flexibility index (Phi) is 2.90. The fourth-order valence-electron chi connectivity index (χ4n) is 1.77. The monoisotopic (exact) mass is 219 g/mol. The molecule has 2 N–H and O–H groups in total. The van der Waals surface area contributed by atoms with E-state index in [1.165, 1.54) is 0 Å². The van der Waals surface area contributed by atoms with Crippen LogP contribution in [-0.4, -0.2) is 17.8 Å². The van der Waals surface area contributed by atoms with E-state index in [2.05, 4.69) is 0 Å². The lowest BCUT2D eigenvalue weighted by atomic mass is 10.2. The number of hydrogen-bond acceptors (Lipinski definition) is 3. The number of hydrogen-bond donors (Lipinski definition) is 1. The van der Waals surface area contributed by atoms with Crippen LogP contribution in [0.3, 0.4) is 0 Å². The lowest BCUT2D eigenvalue weighted by molar-refractivity contribution is -0.117. The zero-order valence-corrected chi connectivity index (χ0v) is 8.81. The van der Waals surface area contributed by atoms with Crippen molar-refractivity contribution in [2.45, 2.75) is 25.4 Å². The van der Waals surface area contributed by atoms with Gasteiger partial charge in [-0.15, -0.1) is 0 Å². The number of amides is 1. The highest BCUT2D eigenvalue weighted by Crippen LogP contribution is 2.22. The van der Waals surface area contributed by atoms with E-state index in [-0.39, 0.29) is 11.9 Å². The molecule has 1 aliphatic carbocycles. The van der Waals surface area contributed by atoms with Crippen LogP contribution in [-0.2, 0) is 4.79 Å². The van der Waals surface area contributed by atoms with Crippen LogP contribution < -0.4 is 10.5 Å². The molecule has 1 amide bonds. The van der Waals surface area contributed by atoms with Crippen LogP contribution in [0.25, 0.3) is 0 Å². The molecule has 1 fully saturated rings. The third-order valence-corrected chi connectivity index (χ3v) is 2.64. The Hall–Kier alpha value is -1.84. The van der Waals surface area contributed by atoms with Crippen LogP contribution in [0.5, 0.6) is 5.75 Å². The van der Waals surface area contributed by atoms with Crippen molar-refractivity contribution in [2.75, 3.05) is 0 Å². The summed E-state index contributed by atoms with van der Waals surface area (Å²) in [4.78, 5) is 21.9. The third-order valence-electron chi connectivity index (χ3n) is 2.64. The van der Waals surface area contributed by atoms with Crippen molar-refractivity contribution < 1.29 is 14.3 Å². The molecule has 0 bridgehead atoms. The minimum atomic E-state index is -0.456. The molecule has 16 heavy (non-hydrogen) atoms. The summed E-state index contributed by atoms with van der Waals surface area (Å²) >= 11 is 0. The van der Waals surface area contributed by atoms with Crippen molar-refractivity contribution in [3.05, 3.63) is 29.8 Å². The van der Waals surface area contributed by atoms with Gasteiger partial charge in [-0.2, -0.15) is 0 Å². The maximum absolute atomic E-state index is 11.0. The van der Waals surface area contributed by atoms with Gasteiger partial charge >= 0.3 is 0 Å². The molecule has 4 heteroatoms. The van der Waals surface area contributed by atoms with Crippen molar-refractivity contribution >= 4 is 11.7 Å². The van der Waals surface area contributed by atoms with Crippen molar-refractivity contribution in [3.8, 4) is 5.75 Å². The molecule has 84 valence electrons. The summed E-state index contributed by atoms with van der Waals surface area (Å²) in [6, 6.07) is 6.63. The molecule has 1 aliphatic rings. The molecule has 4 nitrogen and oxygen atoms in total. The van der Waals surface area contributed by atoms with E-state index in [4.69, 9.17) is 10.5 Å². The summed E-state index contributed by atoms with van der Waals surface area (Å²) in [6.45, 7) is 0. The van der Waals surface area contributed by atoms with E-state index in [9.17, 15) is 9.59 Å². The highest BCUT2D eigenvalue weighted by molar-refractivity contribution is 5.92. The van der Waals surface area contributed by atoms with Crippen molar-refractivity contribution in [2.24, 2.45) is 5.73 Å². The van der Waals surface area contributed by atoms with Gasteiger partial charge in [0.2, 0.25) is 5.91 Å². The Labute approximate surface area is 93.4 Å². The molecule has 1 atom stereocenters. The van der Waals surface area contributed by atoms with Gasteiger partial charge in [-0.25, -0.2) is 0 Å². The number of ketones is 1. The second kappa shape index (κ2) is 4.35. The van der Waals surface area contributed by atoms with Gasteiger partial charge in [-0.1, -0.05) is 0 Å². The van der Waals surface area contributed by atoms with E-state index in [1.807, 2.05) is 0 Å². The van der Waals surface area contributed by atoms with Crippen molar-refractivity contribution in [3.63, 3.8) is 0 Å². The first kappa shape index (κ1) is 10.7. The number of primary amides is 1. The highest BCUT2D eigenvalue weighted by Gasteiger charge is 2.23. The highest BCUT2D eigenvalue weighted by atomic mass is 16.5. The molecule has 1 unspecified atom stereocenters. The van der Waals surface area contributed by atoms with Gasteiger partial charge in [-0.05, 0) is 30.7 Å². The number of benzene rings is 1. The van der Waals surface area contributed by atoms with Gasteiger partial charge in [-0.3, -0.25) is 9.59 Å². The smallest absolute Gasteiger partial charge is 0.248 e. The second-order valence-electron chi connectivity index (χ2n) is 3.91. The van der Waals surface area contributed by atoms with Gasteiger partial charge in [0.15, 0.2) is 0 Å². The second-order valence-corrected chi connectivity index (χ2v) is 3.91. The predicted molar refractivity (Wildman–Crippen MR) is 58.2 cm³/mol. The Balaban J connectivity index is 2.00. The Bertz CT molecular complexity index is 411. The number of carbonyl (C=O) groups excluding carboxylic acids is 2. The first-order valence-corrected chi connectivity index (χ1v) is 5.23. The number of carbonyl (C=O) groups is 2. The van der Waals surface area contributed by atoms with E-state index >= 15 is 0 Å². The molecular weight excluding hydrogens is 206 g/mol. The summed E-state index contributed by atoms with van der Waals surface area (Å²) in [7, 11) is 0. The maximum atomic E-state index is 11.0. The van der Waals surface area contributed by atoms with Gasteiger partial charge in [0.1, 0.15) is 17.6 Å². The lowest BCUT2D eigenvalue weighted by Gasteiger charge is -2.12. The van der Waals surface area contributed by atoms with Crippen LogP contribution in [0.2, 0.25) is 0 Å². The lowest BCUT2D eigenvalue weighted by Crippen LogP contribution is -2.13. The largest absolute Gasteiger partial charge is 0.490 e. The van der Waals surface area contributed by atoms with E-state index in [0.717, 1.165) is 6.42 Å². The Morgan fingerprint density at radius 2 is 2.00 bits per heavy atom. The standard InChI is InChI=1S/C12H13NO3/c13-12(15)8-1-4-10(5-2-8)16-11-6-3-9(14)7-11/h1-2,4-5,11H,3,6-7H2,(H2,13,15). The number of rotatable bonds is 3. The zero-order valence-electron chi connectivity index (χ0n) is 8.81. The van der Waals surface area contributed by atoms with Gasteiger partial charge in [0.05, 0.1) is 0 Å². The number of ether oxygens (including phenoxy) is 1. The minimum Gasteiger partial charge on any atom is -0.490 e. The topological polar surface area (TPSA) is 69.4 Å². The average molecular weight is 219 g/mol. The molecule has 2 rings (SSSR count). The van der Waals surface area contributed by atoms with Crippen LogP contribution in [0, 0.1) is 0 Å². The fourth-order valence-corrected chi connectivity index (χ4v) is 1.77. The van der Waals surface area contributed by atoms with Crippen molar-refractivity contribution in [1.29, 1.82) is 0 Å². The van der Waals surface area contributed by atoms with Gasteiger partial charge in [0, 0.05) is 18.4 Å². The first-order valence-electron chi connectivity index (χ1n) is 5.23. The van der Waals surface area contributed by atoms with Gasteiger partial charge < -0.3 is 10.5 Å². The summed E-state index contributed by atoms with van der Waals surface area (Å²) in [6.07, 6.45) is 1.84. The van der Waals surface area contributed by atoms with Gasteiger partial charge in [0.25, 0.3) is 0 Å². The fraction of sp³-hybridized carbons (Fsp3) is 0.333. The van der Waals surface area contributed by atoms with Crippen LogP contribution in [0.1, 0.15) is 29.6 Å². The quantitative estimate of drug-likeness (QED) is 0.832. The van der Waals surface area contributed by atoms with Crippen LogP contribution >= 0.6 is 0 Å². The normalized spacial score (nSPS) is 19.8. The summed E-state index contributed by atoms with van der Waals surface area (Å²) < 4.78 is 5.61. The molecule has 1 aromatic rings. The number of nitrogens with two attached hydrogens (primary N) is 1. The van der Waals surface area contributed by atoms with Crippen LogP contribution in [0.4, 0.5) is 0 Å². The van der Waals surface area contributed by atoms with Crippen molar-refractivity contribution in [1.82, 2.24) is 0 Å². The first-order chi connectivity index (χ1) is 7.65. The molecular formula is C12H13NO3. The average Bonchev–Trinajstić information content (AvgIpc) is 2.65. The van der Waals surface area contributed by atoms with E-state index in [0.29, 0.717) is 24.2 Å². The summed E-state index contributed by atoms with van der Waals surface area (Å²) in [5.74, 6) is 0.464. The summed E-state index contributed by atoms with van der Waals surface area (Å²) in [5, 5.41) is 0. The zero-order chi connectivity index (χ0) is 11.5. The molecule has 0 saturated heterocycles. The predicted octanol–water partition coefficient (Wildman–Crippen LogP) is 1.29. The molecule has 0 spiro atoms. The summed E-state index contributed by atoms with van der Waals surface area (Å²) in [5.41, 5.74) is 5.57. The maximum Gasteiger partial charge on any atom is 0.248 e. The minimum absolute atomic E-state index is 0.0214. The molecule has 0 aliphatic heterocycles. The Morgan fingerprint density at radius 1 is 1.31 bits per heavy atom. The molecule has 1 aromatic carbocycles.